The van der Waals surface area contributed by atoms with Crippen molar-refractivity contribution >= 4 is 16.7 Å². The van der Waals surface area contributed by atoms with Crippen molar-refractivity contribution in [3.8, 4) is 28.1 Å². The SMILES string of the molecule is CCC(O)CCC(=O)Cc1ccc2nc(-c3ccccc3F)c(-c3ccccc3OC)cc2c1. The second-order valence-electron chi connectivity index (χ2n) is 8.41. The number of hydrogen-bond acceptors (Lipinski definition) is 4. The van der Waals surface area contributed by atoms with Gasteiger partial charge in [-0.25, -0.2) is 9.37 Å². The predicted octanol–water partition coefficient (Wildman–Crippen LogP) is 6.38. The number of fused-ring (bicyclic) bond motifs is 1. The second-order valence-corrected chi connectivity index (χ2v) is 8.41. The van der Waals surface area contributed by atoms with Crippen LogP contribution >= 0.6 is 0 Å². The summed E-state index contributed by atoms with van der Waals surface area (Å²) in [5, 5.41) is 10.6. The fourth-order valence-electron chi connectivity index (χ4n) is 4.11. The summed E-state index contributed by atoms with van der Waals surface area (Å²) < 4.78 is 20.4. The Bertz CT molecular complexity index is 1320. The van der Waals surface area contributed by atoms with Gasteiger partial charge in [0.2, 0.25) is 0 Å². The maximum absolute atomic E-state index is 14.8. The van der Waals surface area contributed by atoms with Crippen molar-refractivity contribution in [3.05, 3.63) is 84.2 Å². The van der Waals surface area contributed by atoms with Crippen LogP contribution < -0.4 is 4.74 Å². The maximum atomic E-state index is 14.8. The molecule has 0 fully saturated rings. The molecule has 5 heteroatoms. The first-order valence-electron chi connectivity index (χ1n) is 11.5. The fourth-order valence-corrected chi connectivity index (χ4v) is 4.11. The normalized spacial score (nSPS) is 12.0. The molecule has 1 N–H and O–H groups in total. The third-order valence-electron chi connectivity index (χ3n) is 6.03. The van der Waals surface area contributed by atoms with Crippen LogP contribution in [0.1, 0.15) is 31.7 Å². The molecule has 1 aromatic heterocycles. The van der Waals surface area contributed by atoms with Gasteiger partial charge in [-0.2, -0.15) is 0 Å². The van der Waals surface area contributed by atoms with Crippen LogP contribution in [0, 0.1) is 5.82 Å². The summed E-state index contributed by atoms with van der Waals surface area (Å²) in [7, 11) is 1.61. The Kier molecular flexibility index (Phi) is 7.33. The summed E-state index contributed by atoms with van der Waals surface area (Å²) in [6.45, 7) is 1.90. The number of aromatic nitrogens is 1. The lowest BCUT2D eigenvalue weighted by atomic mass is 9.95. The van der Waals surface area contributed by atoms with E-state index < -0.39 is 6.10 Å². The molecular formula is C29H28FNO3. The van der Waals surface area contributed by atoms with Gasteiger partial charge < -0.3 is 9.84 Å². The summed E-state index contributed by atoms with van der Waals surface area (Å²) in [5.74, 6) is 0.414. The van der Waals surface area contributed by atoms with E-state index in [0.717, 1.165) is 27.6 Å². The highest BCUT2D eigenvalue weighted by Crippen LogP contribution is 2.39. The second kappa shape index (κ2) is 10.6. The molecule has 0 aliphatic rings. The lowest BCUT2D eigenvalue weighted by molar-refractivity contribution is -0.119. The number of hydrogen-bond donors (Lipinski definition) is 1. The molecule has 0 aliphatic carbocycles. The molecule has 0 spiro atoms. The molecule has 0 radical (unpaired) electrons. The molecule has 0 saturated heterocycles. The van der Waals surface area contributed by atoms with E-state index in [4.69, 9.17) is 9.72 Å². The Hall–Kier alpha value is -3.57. The molecule has 4 nitrogen and oxygen atoms in total. The van der Waals surface area contributed by atoms with Gasteiger partial charge in [-0.15, -0.1) is 0 Å². The molecule has 1 atom stereocenters. The number of nitrogens with zero attached hydrogens (tertiary/aromatic N) is 1. The number of aliphatic hydroxyl groups is 1. The lowest BCUT2D eigenvalue weighted by Gasteiger charge is -2.15. The van der Waals surface area contributed by atoms with Crippen molar-refractivity contribution < 1.29 is 19.0 Å². The number of Topliss-reactive ketones (excluding diaryl/α,β-unsaturated/α-hetero) is 1. The molecule has 3 aromatic carbocycles. The van der Waals surface area contributed by atoms with Crippen LogP contribution in [-0.4, -0.2) is 29.1 Å². The van der Waals surface area contributed by atoms with Crippen LogP contribution in [0.25, 0.3) is 33.3 Å². The van der Waals surface area contributed by atoms with Gasteiger partial charge in [0.1, 0.15) is 17.3 Å². The van der Waals surface area contributed by atoms with E-state index in [0.29, 0.717) is 42.7 Å². The number of halogens is 1. The molecule has 34 heavy (non-hydrogen) atoms. The summed E-state index contributed by atoms with van der Waals surface area (Å²) in [5.41, 5.74) is 4.12. The highest BCUT2D eigenvalue weighted by atomic mass is 19.1. The molecule has 4 aromatic rings. The van der Waals surface area contributed by atoms with Crippen molar-refractivity contribution in [1.82, 2.24) is 4.98 Å². The third-order valence-corrected chi connectivity index (χ3v) is 6.03. The zero-order valence-corrected chi connectivity index (χ0v) is 19.4. The van der Waals surface area contributed by atoms with E-state index in [1.54, 1.807) is 25.3 Å². The van der Waals surface area contributed by atoms with Gasteiger partial charge in [0, 0.05) is 34.9 Å². The molecule has 4 rings (SSSR count). The highest BCUT2D eigenvalue weighted by molar-refractivity contribution is 5.94. The first-order chi connectivity index (χ1) is 16.5. The van der Waals surface area contributed by atoms with Gasteiger partial charge in [-0.3, -0.25) is 4.79 Å². The van der Waals surface area contributed by atoms with Crippen LogP contribution in [0.4, 0.5) is 4.39 Å². The zero-order chi connectivity index (χ0) is 24.1. The van der Waals surface area contributed by atoms with Gasteiger partial charge in [-0.05, 0) is 54.8 Å². The zero-order valence-electron chi connectivity index (χ0n) is 19.4. The number of pyridine rings is 1. The number of rotatable bonds is 9. The first-order valence-corrected chi connectivity index (χ1v) is 11.5. The lowest BCUT2D eigenvalue weighted by Crippen LogP contribution is -2.10. The summed E-state index contributed by atoms with van der Waals surface area (Å²) in [6.07, 6.45) is 1.33. The molecular weight excluding hydrogens is 429 g/mol. The van der Waals surface area contributed by atoms with Crippen molar-refractivity contribution in [2.24, 2.45) is 0 Å². The number of para-hydroxylation sites is 1. The molecule has 0 amide bonds. The molecule has 1 heterocycles. The van der Waals surface area contributed by atoms with E-state index in [-0.39, 0.29) is 11.6 Å². The van der Waals surface area contributed by atoms with Crippen LogP contribution in [0.5, 0.6) is 5.75 Å². The molecule has 0 saturated carbocycles. The number of methoxy groups -OCH3 is 1. The average Bonchev–Trinajstić information content (AvgIpc) is 2.86. The largest absolute Gasteiger partial charge is 0.496 e. The fraction of sp³-hybridized carbons (Fsp3) is 0.241. The maximum Gasteiger partial charge on any atom is 0.137 e. The number of ketones is 1. The first kappa shape index (κ1) is 23.6. The number of ether oxygens (including phenoxy) is 1. The minimum atomic E-state index is -0.440. The van der Waals surface area contributed by atoms with Crippen molar-refractivity contribution in [2.45, 2.75) is 38.7 Å². The molecule has 1 unspecified atom stereocenters. The van der Waals surface area contributed by atoms with Crippen LogP contribution in [-0.2, 0) is 11.2 Å². The van der Waals surface area contributed by atoms with Crippen LogP contribution in [0.2, 0.25) is 0 Å². The Morgan fingerprint density at radius 1 is 1.00 bits per heavy atom. The minimum Gasteiger partial charge on any atom is -0.496 e. The van der Waals surface area contributed by atoms with Gasteiger partial charge in [0.15, 0.2) is 0 Å². The molecule has 174 valence electrons. The quantitative estimate of drug-likeness (QED) is 0.317. The number of carbonyl (C=O) groups is 1. The third kappa shape index (κ3) is 5.15. The van der Waals surface area contributed by atoms with Gasteiger partial charge in [0.25, 0.3) is 0 Å². The van der Waals surface area contributed by atoms with E-state index in [2.05, 4.69) is 0 Å². The van der Waals surface area contributed by atoms with Gasteiger partial charge in [-0.1, -0.05) is 43.3 Å². The monoisotopic (exact) mass is 457 g/mol. The summed E-state index contributed by atoms with van der Waals surface area (Å²) in [4.78, 5) is 17.3. The Morgan fingerprint density at radius 3 is 2.47 bits per heavy atom. The predicted molar refractivity (Wildman–Crippen MR) is 133 cm³/mol. The van der Waals surface area contributed by atoms with E-state index in [1.807, 2.05) is 55.5 Å². The van der Waals surface area contributed by atoms with E-state index in [1.165, 1.54) is 6.07 Å². The van der Waals surface area contributed by atoms with E-state index >= 15 is 0 Å². The summed E-state index contributed by atoms with van der Waals surface area (Å²) >= 11 is 0. The van der Waals surface area contributed by atoms with Gasteiger partial charge in [0.05, 0.1) is 24.4 Å². The Labute approximate surface area is 199 Å². The van der Waals surface area contributed by atoms with Gasteiger partial charge >= 0.3 is 0 Å². The molecule has 0 bridgehead atoms. The average molecular weight is 458 g/mol. The van der Waals surface area contributed by atoms with Crippen molar-refractivity contribution in [1.29, 1.82) is 0 Å². The van der Waals surface area contributed by atoms with Crippen molar-refractivity contribution in [2.75, 3.05) is 7.11 Å². The summed E-state index contributed by atoms with van der Waals surface area (Å²) in [6, 6.07) is 21.9. The smallest absolute Gasteiger partial charge is 0.137 e. The molecule has 0 aliphatic heterocycles. The topological polar surface area (TPSA) is 59.4 Å². The number of aliphatic hydroxyl groups excluding tert-OH is 1. The van der Waals surface area contributed by atoms with E-state index in [9.17, 15) is 14.3 Å². The van der Waals surface area contributed by atoms with Crippen LogP contribution in [0.15, 0.2) is 72.8 Å². The standard InChI is InChI=1S/C29H28FNO3/c1-3-21(32)13-14-22(33)17-19-12-15-27-20(16-19)18-25(23-8-5-7-11-28(23)34-2)29(31-27)24-9-4-6-10-26(24)30/h4-12,15-16,18,21,32H,3,13-14,17H2,1-2H3. The number of benzene rings is 3. The highest BCUT2D eigenvalue weighted by Gasteiger charge is 2.17. The van der Waals surface area contributed by atoms with Crippen molar-refractivity contribution in [3.63, 3.8) is 0 Å². The Morgan fingerprint density at radius 2 is 1.74 bits per heavy atom. The number of carbonyl (C=O) groups excluding carboxylic acids is 1. The minimum absolute atomic E-state index is 0.0905. The Balaban J connectivity index is 1.79. The van der Waals surface area contributed by atoms with Crippen LogP contribution in [0.3, 0.4) is 0 Å².